The van der Waals surface area contributed by atoms with Crippen LogP contribution in [0.15, 0.2) is 30.3 Å². The average Bonchev–Trinajstić information content (AvgIpc) is 2.34. The Kier molecular flexibility index (Phi) is 11.8. The fraction of sp³-hybridized carbons (Fsp3) is 0.429. The first-order valence-electron chi connectivity index (χ1n) is 6.16. The van der Waals surface area contributed by atoms with Gasteiger partial charge in [0.05, 0.1) is 6.04 Å². The Morgan fingerprint density at radius 2 is 1.57 bits per heavy atom. The van der Waals surface area contributed by atoms with Gasteiger partial charge in [-0.25, -0.2) is 9.59 Å². The summed E-state index contributed by atoms with van der Waals surface area (Å²) < 4.78 is 5.07. The van der Waals surface area contributed by atoms with E-state index in [1.807, 2.05) is 0 Å². The second kappa shape index (κ2) is 10.5. The molecular formula is C14H25NO8. The molecule has 23 heavy (non-hydrogen) atoms. The summed E-state index contributed by atoms with van der Waals surface area (Å²) in [4.78, 5) is 22.7. The minimum atomic E-state index is -1.76. The van der Waals surface area contributed by atoms with E-state index in [-0.39, 0.29) is 16.4 Å². The summed E-state index contributed by atoms with van der Waals surface area (Å²) in [6, 6.07) is 7.29. The summed E-state index contributed by atoms with van der Waals surface area (Å²) in [5.74, 6) is -1.42. The first-order valence-corrected chi connectivity index (χ1v) is 6.16. The zero-order chi connectivity index (χ0) is 15.3. The molecule has 9 nitrogen and oxygen atoms in total. The van der Waals surface area contributed by atoms with Gasteiger partial charge in [-0.05, 0) is 26.3 Å². The van der Waals surface area contributed by atoms with Crippen molar-refractivity contribution in [2.75, 3.05) is 0 Å². The van der Waals surface area contributed by atoms with Gasteiger partial charge in [0.25, 0.3) is 0 Å². The van der Waals surface area contributed by atoms with E-state index in [2.05, 4.69) is 5.32 Å². The molecule has 0 aromatic heterocycles. The normalized spacial score (nSPS) is 12.3. The predicted octanol–water partition coefficient (Wildman–Crippen LogP) is -0.776. The van der Waals surface area contributed by atoms with Crippen LogP contribution in [-0.2, 0) is 9.53 Å². The molecule has 0 saturated carbocycles. The molecule has 0 fully saturated rings. The molecule has 0 radical (unpaired) electrons. The third kappa shape index (κ3) is 8.73. The number of carboxylic acid groups (broad SMARTS) is 1. The highest BCUT2D eigenvalue weighted by molar-refractivity contribution is 5.75. The molecule has 9 heteroatoms. The van der Waals surface area contributed by atoms with Gasteiger partial charge in [0, 0.05) is 0 Å². The van der Waals surface area contributed by atoms with Crippen molar-refractivity contribution in [1.82, 2.24) is 5.32 Å². The Labute approximate surface area is 133 Å². The number of carbonyl (C=O) groups excluding carboxylic acids is 1. The molecule has 0 saturated heterocycles. The first-order chi connectivity index (χ1) is 9.20. The topological polar surface area (TPSA) is 190 Å². The lowest BCUT2D eigenvalue weighted by Crippen LogP contribution is -2.42. The van der Waals surface area contributed by atoms with Gasteiger partial charge in [-0.2, -0.15) is 0 Å². The minimum absolute atomic E-state index is 0. The maximum atomic E-state index is 11.7. The van der Waals surface area contributed by atoms with E-state index in [0.29, 0.717) is 5.56 Å². The Bertz CT molecular complexity index is 471. The van der Waals surface area contributed by atoms with E-state index >= 15 is 0 Å². The number of amides is 1. The number of alkyl carbamates (subject to hydrolysis) is 1. The van der Waals surface area contributed by atoms with Crippen molar-refractivity contribution in [1.29, 1.82) is 0 Å². The van der Waals surface area contributed by atoms with Crippen LogP contribution in [0.25, 0.3) is 0 Å². The lowest BCUT2D eigenvalue weighted by Gasteiger charge is -2.25. The molecular weight excluding hydrogens is 310 g/mol. The molecule has 0 aliphatic carbocycles. The summed E-state index contributed by atoms with van der Waals surface area (Å²) in [5.41, 5.74) is -0.229. The summed E-state index contributed by atoms with van der Waals surface area (Å²) in [7, 11) is 0. The maximum absolute atomic E-state index is 11.7. The standard InChI is InChI=1S/C14H19NO5.3H2O/c1-14(2,3)20-13(19)15-10(11(16)12(17)18)9-7-5-4-6-8-9;;;/h4-8,10-11,16H,1-3H3,(H,15,19)(H,17,18);3*1H2. The molecule has 9 N–H and O–H groups in total. The van der Waals surface area contributed by atoms with Crippen molar-refractivity contribution in [3.05, 3.63) is 35.9 Å². The minimum Gasteiger partial charge on any atom is -0.479 e. The number of aliphatic hydroxyl groups excluding tert-OH is 1. The molecule has 1 aromatic rings. The molecule has 1 aromatic carbocycles. The number of carboxylic acids is 1. The van der Waals surface area contributed by atoms with Gasteiger partial charge >= 0.3 is 12.1 Å². The van der Waals surface area contributed by atoms with Gasteiger partial charge in [-0.3, -0.25) is 0 Å². The molecule has 134 valence electrons. The number of aliphatic carboxylic acids is 1. The number of rotatable bonds is 4. The van der Waals surface area contributed by atoms with Crippen LogP contribution in [-0.4, -0.2) is 50.4 Å². The van der Waals surface area contributed by atoms with E-state index in [9.17, 15) is 14.7 Å². The molecule has 0 heterocycles. The Balaban J connectivity index is -0.00000133. The van der Waals surface area contributed by atoms with E-state index in [1.54, 1.807) is 51.1 Å². The predicted molar refractivity (Wildman–Crippen MR) is 83.0 cm³/mol. The second-order valence-corrected chi connectivity index (χ2v) is 5.32. The lowest BCUT2D eigenvalue weighted by molar-refractivity contribution is -0.148. The summed E-state index contributed by atoms with van der Waals surface area (Å²) in [5, 5.41) is 21.0. The van der Waals surface area contributed by atoms with Crippen LogP contribution in [0, 0.1) is 0 Å². The molecule has 0 spiro atoms. The molecule has 2 unspecified atom stereocenters. The average molecular weight is 335 g/mol. The fourth-order valence-corrected chi connectivity index (χ4v) is 1.58. The van der Waals surface area contributed by atoms with Gasteiger partial charge in [0.15, 0.2) is 6.10 Å². The third-order valence-electron chi connectivity index (χ3n) is 2.40. The van der Waals surface area contributed by atoms with Crippen LogP contribution in [0.1, 0.15) is 32.4 Å². The molecule has 0 aliphatic rings. The van der Waals surface area contributed by atoms with Crippen LogP contribution in [0.5, 0.6) is 0 Å². The van der Waals surface area contributed by atoms with E-state index in [0.717, 1.165) is 0 Å². The van der Waals surface area contributed by atoms with Crippen molar-refractivity contribution < 1.29 is 41.0 Å². The van der Waals surface area contributed by atoms with Crippen LogP contribution in [0.2, 0.25) is 0 Å². The van der Waals surface area contributed by atoms with Crippen LogP contribution in [0.3, 0.4) is 0 Å². The number of nitrogens with one attached hydrogen (secondary N) is 1. The largest absolute Gasteiger partial charge is 0.479 e. The summed E-state index contributed by atoms with van der Waals surface area (Å²) in [6.45, 7) is 5.08. The van der Waals surface area contributed by atoms with Crippen molar-refractivity contribution in [2.45, 2.75) is 38.5 Å². The van der Waals surface area contributed by atoms with Gasteiger partial charge in [-0.15, -0.1) is 0 Å². The SMILES string of the molecule is CC(C)(C)OC(=O)NC(c1ccccc1)C(O)C(=O)O.O.O.O. The van der Waals surface area contributed by atoms with Crippen molar-refractivity contribution in [2.24, 2.45) is 0 Å². The number of aliphatic hydroxyl groups is 1. The number of hydrogen-bond acceptors (Lipinski definition) is 4. The van der Waals surface area contributed by atoms with E-state index in [1.165, 1.54) is 0 Å². The van der Waals surface area contributed by atoms with Crippen molar-refractivity contribution in [3.8, 4) is 0 Å². The molecule has 2 atom stereocenters. The first kappa shape index (κ1) is 25.7. The van der Waals surface area contributed by atoms with E-state index < -0.39 is 29.8 Å². The molecule has 0 bridgehead atoms. The number of carbonyl (C=O) groups is 2. The molecule has 1 amide bonds. The van der Waals surface area contributed by atoms with Crippen molar-refractivity contribution >= 4 is 12.1 Å². The van der Waals surface area contributed by atoms with Crippen molar-refractivity contribution in [3.63, 3.8) is 0 Å². The van der Waals surface area contributed by atoms with Gasteiger partial charge in [-0.1, -0.05) is 30.3 Å². The summed E-state index contributed by atoms with van der Waals surface area (Å²) in [6.07, 6.45) is -2.54. The Morgan fingerprint density at radius 1 is 1.09 bits per heavy atom. The van der Waals surface area contributed by atoms with Gasteiger partial charge in [0.1, 0.15) is 5.60 Å². The zero-order valence-corrected chi connectivity index (χ0v) is 13.2. The highest BCUT2D eigenvalue weighted by Gasteiger charge is 2.30. The second-order valence-electron chi connectivity index (χ2n) is 5.32. The quantitative estimate of drug-likeness (QED) is 0.649. The smallest absolute Gasteiger partial charge is 0.408 e. The number of ether oxygens (including phenoxy) is 1. The highest BCUT2D eigenvalue weighted by atomic mass is 16.6. The van der Waals surface area contributed by atoms with Gasteiger partial charge < -0.3 is 36.7 Å². The third-order valence-corrected chi connectivity index (χ3v) is 2.40. The number of benzene rings is 1. The van der Waals surface area contributed by atoms with E-state index in [4.69, 9.17) is 9.84 Å². The fourth-order valence-electron chi connectivity index (χ4n) is 1.58. The van der Waals surface area contributed by atoms with Gasteiger partial charge in [0.2, 0.25) is 0 Å². The van der Waals surface area contributed by atoms with Crippen LogP contribution >= 0.6 is 0 Å². The summed E-state index contributed by atoms with van der Waals surface area (Å²) >= 11 is 0. The Hall–Kier alpha value is -2.20. The Morgan fingerprint density at radius 3 is 1.96 bits per heavy atom. The molecule has 1 rings (SSSR count). The zero-order valence-electron chi connectivity index (χ0n) is 13.2. The monoisotopic (exact) mass is 335 g/mol. The number of hydrogen-bond donors (Lipinski definition) is 3. The van der Waals surface area contributed by atoms with Crippen LogP contribution < -0.4 is 5.32 Å². The van der Waals surface area contributed by atoms with Crippen LogP contribution in [0.4, 0.5) is 4.79 Å². The molecule has 0 aliphatic heterocycles. The maximum Gasteiger partial charge on any atom is 0.408 e. The lowest BCUT2D eigenvalue weighted by atomic mass is 10.0. The highest BCUT2D eigenvalue weighted by Crippen LogP contribution is 2.18.